The van der Waals surface area contributed by atoms with Crippen molar-refractivity contribution in [2.45, 2.75) is 0 Å². The summed E-state index contributed by atoms with van der Waals surface area (Å²) in [5.74, 6) is 0. The molecule has 0 unspecified atom stereocenters. The minimum Gasteiger partial charge on any atom is -0.256 e. The number of para-hydroxylation sites is 2. The average Bonchev–Trinajstić information content (AvgIpc) is 3.08. The normalized spacial score (nSPS) is 11.3. The van der Waals surface area contributed by atoms with Gasteiger partial charge in [-0.3, -0.25) is 4.98 Å². The molecule has 0 aliphatic heterocycles. The highest BCUT2D eigenvalue weighted by molar-refractivity contribution is 6.06. The summed E-state index contributed by atoms with van der Waals surface area (Å²) in [6.07, 6.45) is 1.96. The summed E-state index contributed by atoms with van der Waals surface area (Å²) in [7, 11) is 0. The molecule has 0 N–H and O–H groups in total. The first kappa shape index (κ1) is 24.2. The second-order valence-corrected chi connectivity index (χ2v) is 10.5. The third-order valence-corrected chi connectivity index (χ3v) is 7.90. The van der Waals surface area contributed by atoms with Gasteiger partial charge in [0.1, 0.15) is 0 Å². The van der Waals surface area contributed by atoms with Crippen molar-refractivity contribution < 1.29 is 0 Å². The molecule has 2 aromatic heterocycles. The third kappa shape index (κ3) is 4.29. The van der Waals surface area contributed by atoms with Crippen molar-refractivity contribution in [1.29, 1.82) is 0 Å². The van der Waals surface area contributed by atoms with Gasteiger partial charge in [-0.2, -0.15) is 0 Å². The van der Waals surface area contributed by atoms with E-state index in [1.54, 1.807) is 0 Å². The van der Waals surface area contributed by atoms with E-state index in [-0.39, 0.29) is 0 Å². The van der Waals surface area contributed by atoms with Crippen LogP contribution in [0.5, 0.6) is 0 Å². The highest BCUT2D eigenvalue weighted by Gasteiger charge is 2.15. The fourth-order valence-electron chi connectivity index (χ4n) is 5.74. The van der Waals surface area contributed by atoms with Crippen molar-refractivity contribution >= 4 is 32.7 Å². The SMILES string of the molecule is c1ccc(-c2ccc(-c3nc4ccccc4nc3-c3cccc(-c4ccc5c(c4)ncc4ccccc45)c3)cc2)cc1. The van der Waals surface area contributed by atoms with Crippen LogP contribution in [0, 0.1) is 0 Å². The number of nitrogens with zero attached hydrogens (tertiary/aromatic N) is 3. The third-order valence-electron chi connectivity index (χ3n) is 7.90. The largest absolute Gasteiger partial charge is 0.256 e. The molecule has 0 amide bonds. The van der Waals surface area contributed by atoms with Crippen LogP contribution < -0.4 is 0 Å². The Morgan fingerprint density at radius 2 is 0.905 bits per heavy atom. The van der Waals surface area contributed by atoms with Crippen molar-refractivity contribution in [3.63, 3.8) is 0 Å². The molecule has 2 heterocycles. The van der Waals surface area contributed by atoms with E-state index < -0.39 is 0 Å². The van der Waals surface area contributed by atoms with Crippen LogP contribution in [0.25, 0.3) is 77.5 Å². The summed E-state index contributed by atoms with van der Waals surface area (Å²) in [5, 5.41) is 3.53. The fourth-order valence-corrected chi connectivity index (χ4v) is 5.74. The van der Waals surface area contributed by atoms with Crippen LogP contribution in [0.2, 0.25) is 0 Å². The van der Waals surface area contributed by atoms with E-state index in [0.717, 1.165) is 61.0 Å². The second kappa shape index (κ2) is 10.1. The van der Waals surface area contributed by atoms with Crippen LogP contribution >= 0.6 is 0 Å². The smallest absolute Gasteiger partial charge is 0.0973 e. The molecule has 42 heavy (non-hydrogen) atoms. The molecule has 0 saturated carbocycles. The van der Waals surface area contributed by atoms with E-state index in [0.29, 0.717) is 0 Å². The number of fused-ring (bicyclic) bond motifs is 4. The first-order chi connectivity index (χ1) is 20.8. The van der Waals surface area contributed by atoms with Gasteiger partial charge < -0.3 is 0 Å². The molecule has 6 aromatic carbocycles. The van der Waals surface area contributed by atoms with Crippen molar-refractivity contribution in [3.8, 4) is 44.8 Å². The van der Waals surface area contributed by atoms with Crippen LogP contribution in [-0.2, 0) is 0 Å². The molecule has 0 aliphatic carbocycles. The molecule has 0 fully saturated rings. The van der Waals surface area contributed by atoms with E-state index in [4.69, 9.17) is 15.0 Å². The van der Waals surface area contributed by atoms with Gasteiger partial charge in [-0.15, -0.1) is 0 Å². The fraction of sp³-hybridized carbons (Fsp3) is 0. The van der Waals surface area contributed by atoms with Crippen molar-refractivity contribution in [2.24, 2.45) is 0 Å². The Balaban J connectivity index is 1.25. The Labute approximate surface area is 243 Å². The number of aromatic nitrogens is 3. The Kier molecular flexibility index (Phi) is 5.79. The maximum atomic E-state index is 5.15. The Morgan fingerprint density at radius 3 is 1.71 bits per heavy atom. The van der Waals surface area contributed by atoms with Crippen molar-refractivity contribution in [1.82, 2.24) is 15.0 Å². The van der Waals surface area contributed by atoms with Gasteiger partial charge in [-0.1, -0.05) is 121 Å². The van der Waals surface area contributed by atoms with E-state index in [1.165, 1.54) is 16.5 Å². The van der Waals surface area contributed by atoms with Crippen LogP contribution in [0.15, 0.2) is 152 Å². The minimum atomic E-state index is 0.868. The summed E-state index contributed by atoms with van der Waals surface area (Å²) in [6, 6.07) is 50.6. The molecule has 0 saturated heterocycles. The Bertz CT molecular complexity index is 2240. The van der Waals surface area contributed by atoms with E-state index in [1.807, 2.05) is 36.5 Å². The van der Waals surface area contributed by atoms with E-state index in [2.05, 4.69) is 115 Å². The zero-order valence-electron chi connectivity index (χ0n) is 22.8. The van der Waals surface area contributed by atoms with Crippen LogP contribution in [0.1, 0.15) is 0 Å². The molecule has 196 valence electrons. The van der Waals surface area contributed by atoms with Gasteiger partial charge in [0.15, 0.2) is 0 Å². The van der Waals surface area contributed by atoms with Gasteiger partial charge in [-0.05, 0) is 51.9 Å². The molecular formula is C39H25N3. The number of pyridine rings is 1. The first-order valence-electron chi connectivity index (χ1n) is 14.1. The first-order valence-corrected chi connectivity index (χ1v) is 14.1. The number of hydrogen-bond donors (Lipinski definition) is 0. The zero-order valence-corrected chi connectivity index (χ0v) is 22.8. The quantitative estimate of drug-likeness (QED) is 0.211. The van der Waals surface area contributed by atoms with E-state index in [9.17, 15) is 0 Å². The number of hydrogen-bond acceptors (Lipinski definition) is 3. The number of benzene rings is 6. The molecule has 0 radical (unpaired) electrons. The number of rotatable bonds is 4. The molecule has 3 nitrogen and oxygen atoms in total. The van der Waals surface area contributed by atoms with Crippen LogP contribution in [0.4, 0.5) is 0 Å². The summed E-state index contributed by atoms with van der Waals surface area (Å²) < 4.78 is 0. The predicted octanol–water partition coefficient (Wildman–Crippen LogP) is 10.00. The van der Waals surface area contributed by atoms with Gasteiger partial charge >= 0.3 is 0 Å². The summed E-state index contributed by atoms with van der Waals surface area (Å²) in [5.41, 5.74) is 11.2. The van der Waals surface area contributed by atoms with E-state index >= 15 is 0 Å². The lowest BCUT2D eigenvalue weighted by Crippen LogP contribution is -1.96. The monoisotopic (exact) mass is 535 g/mol. The van der Waals surface area contributed by atoms with Gasteiger partial charge in [0.2, 0.25) is 0 Å². The van der Waals surface area contributed by atoms with Gasteiger partial charge in [-0.25, -0.2) is 9.97 Å². The predicted molar refractivity (Wildman–Crippen MR) is 174 cm³/mol. The highest BCUT2D eigenvalue weighted by Crippen LogP contribution is 2.35. The summed E-state index contributed by atoms with van der Waals surface area (Å²) >= 11 is 0. The molecule has 0 aliphatic rings. The lowest BCUT2D eigenvalue weighted by atomic mass is 9.96. The van der Waals surface area contributed by atoms with Gasteiger partial charge in [0.05, 0.1) is 27.9 Å². The lowest BCUT2D eigenvalue weighted by molar-refractivity contribution is 1.29. The van der Waals surface area contributed by atoms with Crippen LogP contribution in [-0.4, -0.2) is 15.0 Å². The molecule has 0 atom stereocenters. The Morgan fingerprint density at radius 1 is 0.333 bits per heavy atom. The maximum Gasteiger partial charge on any atom is 0.0973 e. The van der Waals surface area contributed by atoms with Crippen LogP contribution in [0.3, 0.4) is 0 Å². The second-order valence-electron chi connectivity index (χ2n) is 10.5. The molecule has 8 aromatic rings. The molecule has 3 heteroatoms. The topological polar surface area (TPSA) is 38.7 Å². The molecule has 0 bridgehead atoms. The summed E-state index contributed by atoms with van der Waals surface area (Å²) in [6.45, 7) is 0. The minimum absolute atomic E-state index is 0.868. The average molecular weight is 536 g/mol. The molecular weight excluding hydrogens is 510 g/mol. The zero-order chi connectivity index (χ0) is 27.9. The van der Waals surface area contributed by atoms with Gasteiger partial charge in [0, 0.05) is 28.1 Å². The van der Waals surface area contributed by atoms with Gasteiger partial charge in [0.25, 0.3) is 0 Å². The Hall–Kier alpha value is -5.67. The molecule has 0 spiro atoms. The summed E-state index contributed by atoms with van der Waals surface area (Å²) in [4.78, 5) is 15.0. The highest BCUT2D eigenvalue weighted by atomic mass is 14.8. The van der Waals surface area contributed by atoms with Crippen molar-refractivity contribution in [2.75, 3.05) is 0 Å². The molecule has 8 rings (SSSR count). The van der Waals surface area contributed by atoms with Crippen molar-refractivity contribution in [3.05, 3.63) is 152 Å². The maximum absolute atomic E-state index is 5.15. The standard InChI is InChI=1S/C39H25N3/c1-2-9-26(10-3-1)27-17-19-28(20-18-27)38-39(42-36-16-7-6-15-35(36)41-38)31-13-8-12-29(23-31)30-21-22-34-33-14-5-4-11-32(33)25-40-37(34)24-30/h1-25H. The lowest BCUT2D eigenvalue weighted by Gasteiger charge is -2.13.